The Balaban J connectivity index is 1.26. The standard InChI is InChI=1S/C19H24N4O3/c1-11(16-9-12-2-3-14(16)8-12)21-17(24)10-25-15-6-4-13(5-7-15)18-22-23-19(20)26-18/h4-7,11-12,14,16H,2-3,8-10H2,1H3,(H2,20,23)(H,21,24)/t11-,12+,14+,16+/m1/s1. The van der Waals surface area contributed by atoms with E-state index in [9.17, 15) is 4.79 Å². The SMILES string of the molecule is C[C@@H](NC(=O)COc1ccc(-c2nnc(N)o2)cc1)[C@@H]1C[C@H]2CC[C@H]1C2. The van der Waals surface area contributed by atoms with Gasteiger partial charge in [0.2, 0.25) is 5.89 Å². The number of ether oxygens (including phenoxy) is 1. The lowest BCUT2D eigenvalue weighted by Crippen LogP contribution is -2.42. The third-order valence-electron chi connectivity index (χ3n) is 5.74. The molecule has 26 heavy (non-hydrogen) atoms. The van der Waals surface area contributed by atoms with E-state index in [1.54, 1.807) is 24.3 Å². The average molecular weight is 356 g/mol. The quantitative estimate of drug-likeness (QED) is 0.825. The van der Waals surface area contributed by atoms with Gasteiger partial charge in [0.15, 0.2) is 6.61 Å². The number of amides is 1. The predicted molar refractivity (Wildman–Crippen MR) is 96.2 cm³/mol. The molecule has 2 fully saturated rings. The van der Waals surface area contributed by atoms with Crippen LogP contribution in [-0.2, 0) is 4.79 Å². The number of carbonyl (C=O) groups excluding carboxylic acids is 1. The zero-order valence-electron chi connectivity index (χ0n) is 14.9. The van der Waals surface area contributed by atoms with Crippen LogP contribution in [-0.4, -0.2) is 28.8 Å². The number of carbonyl (C=O) groups is 1. The van der Waals surface area contributed by atoms with E-state index in [2.05, 4.69) is 22.4 Å². The molecule has 1 aromatic carbocycles. The third kappa shape index (κ3) is 3.52. The lowest BCUT2D eigenvalue weighted by Gasteiger charge is -2.28. The van der Waals surface area contributed by atoms with E-state index in [0.717, 1.165) is 17.4 Å². The Morgan fingerprint density at radius 1 is 1.31 bits per heavy atom. The Morgan fingerprint density at radius 2 is 2.12 bits per heavy atom. The molecule has 4 atom stereocenters. The Morgan fingerprint density at radius 3 is 2.73 bits per heavy atom. The molecule has 7 heteroatoms. The van der Waals surface area contributed by atoms with Gasteiger partial charge in [-0.05, 0) is 68.2 Å². The maximum absolute atomic E-state index is 12.2. The molecule has 1 aromatic heterocycles. The second kappa shape index (κ2) is 6.97. The molecule has 0 spiro atoms. The molecule has 2 aliphatic carbocycles. The zero-order chi connectivity index (χ0) is 18.1. The molecule has 0 aliphatic heterocycles. The summed E-state index contributed by atoms with van der Waals surface area (Å²) < 4.78 is 10.8. The molecule has 1 amide bonds. The van der Waals surface area contributed by atoms with Crippen LogP contribution in [0.1, 0.15) is 32.6 Å². The van der Waals surface area contributed by atoms with Crippen molar-refractivity contribution < 1.29 is 13.9 Å². The summed E-state index contributed by atoms with van der Waals surface area (Å²) in [6.45, 7) is 2.13. The van der Waals surface area contributed by atoms with Crippen LogP contribution in [0.15, 0.2) is 28.7 Å². The molecule has 2 aromatic rings. The fourth-order valence-corrected chi connectivity index (χ4v) is 4.50. The van der Waals surface area contributed by atoms with Crippen LogP contribution in [0.5, 0.6) is 5.75 Å². The fourth-order valence-electron chi connectivity index (χ4n) is 4.50. The molecule has 0 unspecified atom stereocenters. The van der Waals surface area contributed by atoms with Crippen molar-refractivity contribution in [1.29, 1.82) is 0 Å². The van der Waals surface area contributed by atoms with Crippen LogP contribution in [0.2, 0.25) is 0 Å². The van der Waals surface area contributed by atoms with Gasteiger partial charge >= 0.3 is 6.01 Å². The van der Waals surface area contributed by atoms with Crippen molar-refractivity contribution in [2.45, 2.75) is 38.6 Å². The largest absolute Gasteiger partial charge is 0.484 e. The predicted octanol–water partition coefficient (Wildman–Crippen LogP) is 2.64. The van der Waals surface area contributed by atoms with Gasteiger partial charge in [0.25, 0.3) is 5.91 Å². The number of hydrogen-bond acceptors (Lipinski definition) is 6. The van der Waals surface area contributed by atoms with Crippen LogP contribution >= 0.6 is 0 Å². The maximum atomic E-state index is 12.2. The Labute approximate surface area is 152 Å². The van der Waals surface area contributed by atoms with Crippen molar-refractivity contribution in [1.82, 2.24) is 15.5 Å². The molecule has 138 valence electrons. The lowest BCUT2D eigenvalue weighted by atomic mass is 9.84. The topological polar surface area (TPSA) is 103 Å². The number of nitrogens with zero attached hydrogens (tertiary/aromatic N) is 2. The molecule has 2 saturated carbocycles. The number of nitrogens with two attached hydrogens (primary N) is 1. The minimum atomic E-state index is -0.0750. The van der Waals surface area contributed by atoms with Gasteiger partial charge < -0.3 is 20.2 Å². The van der Waals surface area contributed by atoms with E-state index in [1.165, 1.54) is 25.7 Å². The van der Waals surface area contributed by atoms with E-state index in [1.807, 2.05) is 0 Å². The van der Waals surface area contributed by atoms with Crippen LogP contribution in [0.25, 0.3) is 11.5 Å². The molecule has 2 aliphatic rings. The molecule has 3 N–H and O–H groups in total. The van der Waals surface area contributed by atoms with Gasteiger partial charge in [-0.15, -0.1) is 5.10 Å². The van der Waals surface area contributed by atoms with Crippen LogP contribution in [0.3, 0.4) is 0 Å². The number of nitrogens with one attached hydrogen (secondary N) is 1. The van der Waals surface area contributed by atoms with Crippen molar-refractivity contribution in [2.24, 2.45) is 17.8 Å². The Hall–Kier alpha value is -2.57. The molecule has 0 saturated heterocycles. The molecule has 7 nitrogen and oxygen atoms in total. The van der Waals surface area contributed by atoms with Crippen molar-refractivity contribution in [2.75, 3.05) is 12.3 Å². The summed E-state index contributed by atoms with van der Waals surface area (Å²) in [6, 6.07) is 7.36. The monoisotopic (exact) mass is 356 g/mol. The van der Waals surface area contributed by atoms with Crippen molar-refractivity contribution >= 4 is 11.9 Å². The van der Waals surface area contributed by atoms with E-state index < -0.39 is 0 Å². The highest BCUT2D eigenvalue weighted by molar-refractivity contribution is 5.77. The summed E-state index contributed by atoms with van der Waals surface area (Å²) in [5.41, 5.74) is 6.17. The fraction of sp³-hybridized carbons (Fsp3) is 0.526. The number of benzene rings is 1. The summed E-state index contributed by atoms with van der Waals surface area (Å²) in [5.74, 6) is 3.19. The highest BCUT2D eigenvalue weighted by Crippen LogP contribution is 2.49. The first-order valence-corrected chi connectivity index (χ1v) is 9.20. The summed E-state index contributed by atoms with van der Waals surface area (Å²) in [4.78, 5) is 12.2. The van der Waals surface area contributed by atoms with Gasteiger partial charge in [0.05, 0.1) is 0 Å². The van der Waals surface area contributed by atoms with Crippen LogP contribution in [0, 0.1) is 17.8 Å². The molecular weight excluding hydrogens is 332 g/mol. The maximum Gasteiger partial charge on any atom is 0.313 e. The third-order valence-corrected chi connectivity index (χ3v) is 5.74. The van der Waals surface area contributed by atoms with Gasteiger partial charge in [-0.1, -0.05) is 11.5 Å². The molecule has 2 bridgehead atoms. The minimum Gasteiger partial charge on any atom is -0.484 e. The molecule has 0 radical (unpaired) electrons. The Kier molecular flexibility index (Phi) is 4.53. The van der Waals surface area contributed by atoms with E-state index in [0.29, 0.717) is 17.6 Å². The van der Waals surface area contributed by atoms with Crippen LogP contribution < -0.4 is 15.8 Å². The number of rotatable bonds is 6. The normalized spacial score (nSPS) is 25.2. The molecule has 4 rings (SSSR count). The second-order valence-electron chi connectivity index (χ2n) is 7.45. The van der Waals surface area contributed by atoms with Gasteiger partial charge in [0.1, 0.15) is 5.75 Å². The minimum absolute atomic E-state index is 0.0119. The number of hydrogen-bond donors (Lipinski definition) is 2. The number of anilines is 1. The highest BCUT2D eigenvalue weighted by Gasteiger charge is 2.42. The molecular formula is C19H24N4O3. The van der Waals surface area contributed by atoms with Gasteiger partial charge in [-0.2, -0.15) is 0 Å². The first-order valence-electron chi connectivity index (χ1n) is 9.20. The van der Waals surface area contributed by atoms with Crippen LogP contribution in [0.4, 0.5) is 6.01 Å². The summed E-state index contributed by atoms with van der Waals surface area (Å²) in [7, 11) is 0. The highest BCUT2D eigenvalue weighted by atomic mass is 16.5. The summed E-state index contributed by atoms with van der Waals surface area (Å²) in [6.07, 6.45) is 5.30. The van der Waals surface area contributed by atoms with E-state index in [4.69, 9.17) is 14.9 Å². The van der Waals surface area contributed by atoms with Gasteiger partial charge in [-0.25, -0.2) is 0 Å². The van der Waals surface area contributed by atoms with Crippen molar-refractivity contribution in [3.05, 3.63) is 24.3 Å². The van der Waals surface area contributed by atoms with Crippen molar-refractivity contribution in [3.8, 4) is 17.2 Å². The first kappa shape index (κ1) is 16.9. The van der Waals surface area contributed by atoms with Gasteiger partial charge in [-0.3, -0.25) is 4.79 Å². The number of aromatic nitrogens is 2. The smallest absolute Gasteiger partial charge is 0.313 e. The summed E-state index contributed by atoms with van der Waals surface area (Å²) in [5, 5.41) is 10.6. The first-order chi connectivity index (χ1) is 12.6. The summed E-state index contributed by atoms with van der Waals surface area (Å²) >= 11 is 0. The lowest BCUT2D eigenvalue weighted by molar-refractivity contribution is -0.124. The van der Waals surface area contributed by atoms with Gasteiger partial charge in [0, 0.05) is 11.6 Å². The number of nitrogen functional groups attached to an aromatic ring is 1. The zero-order valence-corrected chi connectivity index (χ0v) is 14.9. The van der Waals surface area contributed by atoms with Crippen molar-refractivity contribution in [3.63, 3.8) is 0 Å². The van der Waals surface area contributed by atoms with E-state index >= 15 is 0 Å². The Bertz CT molecular complexity index is 773. The molecule has 1 heterocycles. The number of fused-ring (bicyclic) bond motifs is 2. The van der Waals surface area contributed by atoms with E-state index in [-0.39, 0.29) is 24.6 Å². The second-order valence-corrected chi connectivity index (χ2v) is 7.45. The average Bonchev–Trinajstić information content (AvgIpc) is 3.37.